The molecule has 0 bridgehead atoms. The lowest BCUT2D eigenvalue weighted by Crippen LogP contribution is -2.41. The third kappa shape index (κ3) is 2.62. The summed E-state index contributed by atoms with van der Waals surface area (Å²) in [5.74, 6) is 1.04. The van der Waals surface area contributed by atoms with Crippen LogP contribution in [0.15, 0.2) is 39.1 Å². The number of H-pyrrole nitrogens is 1. The molecule has 0 amide bonds. The maximum Gasteiger partial charge on any atom is 0.329 e. The van der Waals surface area contributed by atoms with E-state index in [9.17, 15) is 14.4 Å². The summed E-state index contributed by atoms with van der Waals surface area (Å²) < 4.78 is 12.3. The summed E-state index contributed by atoms with van der Waals surface area (Å²) >= 11 is 0. The number of aromatic amines is 1. The van der Waals surface area contributed by atoms with Crippen LogP contribution in [0.25, 0.3) is 0 Å². The first kappa shape index (κ1) is 17.8. The number of nitrogens with zero attached hydrogens (tertiary/aromatic N) is 1. The number of ether oxygens (including phenoxy) is 2. The van der Waals surface area contributed by atoms with Gasteiger partial charge in [0.05, 0.1) is 5.56 Å². The van der Waals surface area contributed by atoms with Crippen molar-refractivity contribution in [2.75, 3.05) is 12.1 Å². The standard InChI is InChI=1S/C21H21N3O5/c1-21(2)7-11-16(12(25)8-21)15(10-4-5-13-14(6-10)29-9-28-13)17-18(22-11)24(3)20(27)23-19(17)26/h4-6,15,22H,7-9H2,1-3H3,(H,23,26,27)/t15-/m1/s1. The quantitative estimate of drug-likeness (QED) is 0.766. The largest absolute Gasteiger partial charge is 0.454 e. The molecule has 0 saturated heterocycles. The number of anilines is 1. The summed E-state index contributed by atoms with van der Waals surface area (Å²) in [7, 11) is 1.60. The van der Waals surface area contributed by atoms with E-state index in [0.717, 1.165) is 11.3 Å². The first-order chi connectivity index (χ1) is 13.7. The van der Waals surface area contributed by atoms with Gasteiger partial charge in [-0.25, -0.2) is 4.79 Å². The zero-order chi connectivity index (χ0) is 20.5. The summed E-state index contributed by atoms with van der Waals surface area (Å²) in [5.41, 5.74) is 1.25. The molecule has 0 radical (unpaired) electrons. The molecule has 1 aromatic carbocycles. The van der Waals surface area contributed by atoms with E-state index in [2.05, 4.69) is 10.3 Å². The fourth-order valence-electron chi connectivity index (χ4n) is 4.55. The molecule has 3 heterocycles. The van der Waals surface area contributed by atoms with E-state index < -0.39 is 17.2 Å². The summed E-state index contributed by atoms with van der Waals surface area (Å²) in [6.07, 6.45) is 1.04. The lowest BCUT2D eigenvalue weighted by atomic mass is 9.69. The number of carbonyl (C=O) groups excluding carboxylic acids is 1. The monoisotopic (exact) mass is 395 g/mol. The van der Waals surface area contributed by atoms with Gasteiger partial charge in [-0.05, 0) is 29.5 Å². The van der Waals surface area contributed by atoms with Gasteiger partial charge in [0, 0.05) is 30.7 Å². The molecule has 1 aliphatic carbocycles. The van der Waals surface area contributed by atoms with E-state index in [1.807, 2.05) is 26.0 Å². The van der Waals surface area contributed by atoms with Gasteiger partial charge in [0.1, 0.15) is 5.82 Å². The van der Waals surface area contributed by atoms with Gasteiger partial charge < -0.3 is 14.8 Å². The average molecular weight is 395 g/mol. The molecule has 0 spiro atoms. The van der Waals surface area contributed by atoms with E-state index in [4.69, 9.17) is 9.47 Å². The van der Waals surface area contributed by atoms with Crippen molar-refractivity contribution in [1.82, 2.24) is 9.55 Å². The summed E-state index contributed by atoms with van der Waals surface area (Å²) in [4.78, 5) is 40.6. The van der Waals surface area contributed by atoms with Crippen LogP contribution in [0.5, 0.6) is 11.5 Å². The second kappa shape index (κ2) is 5.85. The molecule has 5 rings (SSSR count). The highest BCUT2D eigenvalue weighted by molar-refractivity contribution is 6.01. The van der Waals surface area contributed by atoms with Gasteiger partial charge in [-0.15, -0.1) is 0 Å². The number of ketones is 1. The molecule has 1 atom stereocenters. The minimum atomic E-state index is -0.588. The number of nitrogens with one attached hydrogen (secondary N) is 2. The Hall–Kier alpha value is -3.29. The molecular formula is C21H21N3O5. The van der Waals surface area contributed by atoms with Gasteiger partial charge in [0.15, 0.2) is 17.3 Å². The molecule has 3 aliphatic rings. The Morgan fingerprint density at radius 1 is 1.10 bits per heavy atom. The third-order valence-corrected chi connectivity index (χ3v) is 5.86. The smallest absolute Gasteiger partial charge is 0.329 e. The van der Waals surface area contributed by atoms with Crippen molar-refractivity contribution in [3.05, 3.63) is 61.4 Å². The molecule has 8 nitrogen and oxygen atoms in total. The number of Topliss-reactive ketones (excluding diaryl/α,β-unsaturated/α-hetero) is 1. The van der Waals surface area contributed by atoms with E-state index in [0.29, 0.717) is 41.3 Å². The van der Waals surface area contributed by atoms with Crippen LogP contribution in [-0.4, -0.2) is 22.1 Å². The average Bonchev–Trinajstić information content (AvgIpc) is 3.11. The maximum absolute atomic E-state index is 13.2. The van der Waals surface area contributed by atoms with Gasteiger partial charge >= 0.3 is 5.69 Å². The lowest BCUT2D eigenvalue weighted by molar-refractivity contribution is -0.118. The van der Waals surface area contributed by atoms with Crippen molar-refractivity contribution in [2.45, 2.75) is 32.6 Å². The Labute approximate surface area is 166 Å². The van der Waals surface area contributed by atoms with Crippen LogP contribution < -0.4 is 26.0 Å². The van der Waals surface area contributed by atoms with Gasteiger partial charge in [-0.1, -0.05) is 19.9 Å². The number of rotatable bonds is 1. The number of benzene rings is 1. The molecule has 2 aromatic rings. The molecule has 0 unspecified atom stereocenters. The number of allylic oxidation sites excluding steroid dienone is 2. The van der Waals surface area contributed by atoms with Crippen LogP contribution >= 0.6 is 0 Å². The van der Waals surface area contributed by atoms with Gasteiger partial charge in [0.2, 0.25) is 6.79 Å². The third-order valence-electron chi connectivity index (χ3n) is 5.86. The van der Waals surface area contributed by atoms with Crippen LogP contribution in [-0.2, 0) is 11.8 Å². The van der Waals surface area contributed by atoms with Crippen molar-refractivity contribution in [1.29, 1.82) is 0 Å². The lowest BCUT2D eigenvalue weighted by Gasteiger charge is -2.39. The number of aromatic nitrogens is 2. The molecule has 2 aliphatic heterocycles. The fourth-order valence-corrected chi connectivity index (χ4v) is 4.55. The van der Waals surface area contributed by atoms with Crippen molar-refractivity contribution in [2.24, 2.45) is 12.5 Å². The van der Waals surface area contributed by atoms with E-state index in [1.54, 1.807) is 13.1 Å². The normalized spacial score (nSPS) is 21.5. The second-order valence-corrected chi connectivity index (χ2v) is 8.58. The van der Waals surface area contributed by atoms with Crippen LogP contribution in [0.1, 0.15) is 43.7 Å². The highest BCUT2D eigenvalue weighted by atomic mass is 16.7. The highest BCUT2D eigenvalue weighted by Gasteiger charge is 2.42. The number of hydrogen-bond acceptors (Lipinski definition) is 6. The molecule has 0 saturated carbocycles. The zero-order valence-corrected chi connectivity index (χ0v) is 16.4. The van der Waals surface area contributed by atoms with Gasteiger partial charge in [0.25, 0.3) is 5.56 Å². The Bertz CT molecular complexity index is 1220. The SMILES string of the molecule is Cn1c2c(c(=O)[nH]c1=O)[C@H](c1ccc3c(c1)OCO3)C1=C(CC(C)(C)CC1=O)N2. The number of carbonyl (C=O) groups is 1. The summed E-state index contributed by atoms with van der Waals surface area (Å²) in [6.45, 7) is 4.22. The Morgan fingerprint density at radius 3 is 2.66 bits per heavy atom. The van der Waals surface area contributed by atoms with E-state index >= 15 is 0 Å². The van der Waals surface area contributed by atoms with Gasteiger partial charge in [-0.3, -0.25) is 19.1 Å². The summed E-state index contributed by atoms with van der Waals surface area (Å²) in [6, 6.07) is 5.44. The Kier molecular flexibility index (Phi) is 3.59. The van der Waals surface area contributed by atoms with Crippen molar-refractivity contribution in [3.63, 3.8) is 0 Å². The highest BCUT2D eigenvalue weighted by Crippen LogP contribution is 2.48. The molecule has 1 aromatic heterocycles. The minimum absolute atomic E-state index is 0.00493. The Balaban J connectivity index is 1.80. The second-order valence-electron chi connectivity index (χ2n) is 8.58. The molecule has 8 heteroatoms. The van der Waals surface area contributed by atoms with E-state index in [-0.39, 0.29) is 18.0 Å². The zero-order valence-electron chi connectivity index (χ0n) is 16.4. The topological polar surface area (TPSA) is 102 Å². The summed E-state index contributed by atoms with van der Waals surface area (Å²) in [5, 5.41) is 3.23. The maximum atomic E-state index is 13.2. The molecule has 150 valence electrons. The number of hydrogen-bond donors (Lipinski definition) is 2. The fraction of sp³-hybridized carbons (Fsp3) is 0.381. The first-order valence-electron chi connectivity index (χ1n) is 9.51. The van der Waals surface area contributed by atoms with Crippen LogP contribution in [0.4, 0.5) is 5.82 Å². The van der Waals surface area contributed by atoms with Crippen molar-refractivity contribution >= 4 is 11.6 Å². The first-order valence-corrected chi connectivity index (χ1v) is 9.51. The predicted molar refractivity (Wildman–Crippen MR) is 105 cm³/mol. The van der Waals surface area contributed by atoms with Crippen LogP contribution in [0, 0.1) is 5.41 Å². The Morgan fingerprint density at radius 2 is 1.86 bits per heavy atom. The van der Waals surface area contributed by atoms with Crippen molar-refractivity contribution < 1.29 is 14.3 Å². The molecule has 0 fully saturated rings. The number of fused-ring (bicyclic) bond motifs is 2. The minimum Gasteiger partial charge on any atom is -0.454 e. The van der Waals surface area contributed by atoms with Crippen LogP contribution in [0.2, 0.25) is 0 Å². The molecule has 2 N–H and O–H groups in total. The van der Waals surface area contributed by atoms with E-state index in [1.165, 1.54) is 4.57 Å². The van der Waals surface area contributed by atoms with Crippen molar-refractivity contribution in [3.8, 4) is 11.5 Å². The predicted octanol–water partition coefficient (Wildman–Crippen LogP) is 2.00. The van der Waals surface area contributed by atoms with Crippen LogP contribution in [0.3, 0.4) is 0 Å². The molecule has 29 heavy (non-hydrogen) atoms. The van der Waals surface area contributed by atoms with Gasteiger partial charge in [-0.2, -0.15) is 0 Å². The molecular weight excluding hydrogens is 374 g/mol.